The molecular formula is C25H31NO5. The lowest BCUT2D eigenvalue weighted by Gasteiger charge is -2.33. The van der Waals surface area contributed by atoms with Gasteiger partial charge in [0, 0.05) is 24.7 Å². The van der Waals surface area contributed by atoms with E-state index in [9.17, 15) is 9.59 Å². The molecule has 0 N–H and O–H groups in total. The summed E-state index contributed by atoms with van der Waals surface area (Å²) in [5.41, 5.74) is 2.03. The molecule has 2 aromatic rings. The van der Waals surface area contributed by atoms with Gasteiger partial charge in [0.05, 0.1) is 20.6 Å². The van der Waals surface area contributed by atoms with Crippen molar-refractivity contribution >= 4 is 11.9 Å². The van der Waals surface area contributed by atoms with E-state index in [1.807, 2.05) is 11.0 Å². The van der Waals surface area contributed by atoms with E-state index < -0.39 is 12.1 Å². The van der Waals surface area contributed by atoms with E-state index in [1.54, 1.807) is 32.2 Å². The molecular weight excluding hydrogens is 394 g/mol. The first-order chi connectivity index (χ1) is 15.0. The molecule has 1 saturated heterocycles. The van der Waals surface area contributed by atoms with Crippen LogP contribution in [0.15, 0.2) is 48.5 Å². The molecule has 2 aromatic carbocycles. The van der Waals surface area contributed by atoms with Crippen LogP contribution >= 0.6 is 0 Å². The van der Waals surface area contributed by atoms with Crippen LogP contribution in [0.5, 0.6) is 11.5 Å². The molecule has 0 aliphatic carbocycles. The van der Waals surface area contributed by atoms with Crippen LogP contribution in [0.2, 0.25) is 0 Å². The third kappa shape index (κ3) is 6.23. The maximum Gasteiger partial charge on any atom is 0.311 e. The predicted molar refractivity (Wildman–Crippen MR) is 118 cm³/mol. The van der Waals surface area contributed by atoms with E-state index in [0.717, 1.165) is 19.3 Å². The molecule has 1 aliphatic heterocycles. The molecule has 0 radical (unpaired) electrons. The average molecular weight is 426 g/mol. The molecule has 1 amide bonds. The van der Waals surface area contributed by atoms with Crippen LogP contribution in [0.4, 0.5) is 0 Å². The second-order valence-corrected chi connectivity index (χ2v) is 7.95. The van der Waals surface area contributed by atoms with Gasteiger partial charge in [0.15, 0.2) is 6.10 Å². The van der Waals surface area contributed by atoms with Crippen LogP contribution < -0.4 is 9.47 Å². The fraction of sp³-hybridized carbons (Fsp3) is 0.440. The lowest BCUT2D eigenvalue weighted by atomic mass is 9.90. The summed E-state index contributed by atoms with van der Waals surface area (Å²) in [7, 11) is 3.11. The molecule has 1 atom stereocenters. The molecule has 0 aromatic heterocycles. The van der Waals surface area contributed by atoms with Crippen LogP contribution in [-0.2, 0) is 27.2 Å². The minimum Gasteiger partial charge on any atom is -0.497 e. The van der Waals surface area contributed by atoms with Gasteiger partial charge in [0.2, 0.25) is 0 Å². The lowest BCUT2D eigenvalue weighted by molar-refractivity contribution is -0.159. The van der Waals surface area contributed by atoms with E-state index in [0.29, 0.717) is 36.1 Å². The van der Waals surface area contributed by atoms with E-state index in [4.69, 9.17) is 14.2 Å². The van der Waals surface area contributed by atoms with Crippen LogP contribution in [0, 0.1) is 5.92 Å². The highest BCUT2D eigenvalue weighted by Crippen LogP contribution is 2.26. The molecule has 1 fully saturated rings. The van der Waals surface area contributed by atoms with E-state index >= 15 is 0 Å². The number of likely N-dealkylation sites (tertiary alicyclic amines) is 1. The van der Waals surface area contributed by atoms with E-state index in [-0.39, 0.29) is 12.3 Å². The highest BCUT2D eigenvalue weighted by molar-refractivity contribution is 5.84. The normalized spacial score (nSPS) is 15.3. The number of amides is 1. The predicted octanol–water partition coefficient (Wildman–Crippen LogP) is 3.66. The Morgan fingerprint density at radius 1 is 1.03 bits per heavy atom. The molecule has 1 unspecified atom stereocenters. The van der Waals surface area contributed by atoms with Gasteiger partial charge < -0.3 is 19.1 Å². The molecule has 6 heteroatoms. The first kappa shape index (κ1) is 22.7. The monoisotopic (exact) mass is 425 g/mol. The van der Waals surface area contributed by atoms with Gasteiger partial charge >= 0.3 is 5.97 Å². The Balaban J connectivity index is 1.47. The Morgan fingerprint density at radius 3 is 2.39 bits per heavy atom. The molecule has 6 nitrogen and oxygen atoms in total. The Morgan fingerprint density at radius 2 is 1.74 bits per heavy atom. The van der Waals surface area contributed by atoms with E-state index in [2.05, 4.69) is 24.3 Å². The van der Waals surface area contributed by atoms with Gasteiger partial charge in [-0.3, -0.25) is 9.59 Å². The fourth-order valence-electron chi connectivity index (χ4n) is 4.00. The summed E-state index contributed by atoms with van der Waals surface area (Å²) >= 11 is 0. The summed E-state index contributed by atoms with van der Waals surface area (Å²) < 4.78 is 15.9. The Hall–Kier alpha value is -3.02. The lowest BCUT2D eigenvalue weighted by Crippen LogP contribution is -2.44. The number of carbonyl (C=O) groups excluding carboxylic acids is 2. The minimum atomic E-state index is -0.803. The minimum absolute atomic E-state index is 0.0317. The van der Waals surface area contributed by atoms with Gasteiger partial charge in [-0.25, -0.2) is 0 Å². The third-order valence-corrected chi connectivity index (χ3v) is 5.78. The number of benzene rings is 2. The first-order valence-corrected chi connectivity index (χ1v) is 10.7. The van der Waals surface area contributed by atoms with Crippen LogP contribution in [0.3, 0.4) is 0 Å². The average Bonchev–Trinajstić information content (AvgIpc) is 2.80. The van der Waals surface area contributed by atoms with Gasteiger partial charge in [-0.1, -0.05) is 36.4 Å². The number of piperidine rings is 1. The SMILES string of the molecule is COc1ccc(CC(=O)OC(C)C(=O)N2CCC(Cc3ccccc3)CC2)c(OC)c1. The van der Waals surface area contributed by atoms with Crippen molar-refractivity contribution in [3.63, 3.8) is 0 Å². The highest BCUT2D eigenvalue weighted by Gasteiger charge is 2.28. The van der Waals surface area contributed by atoms with Gasteiger partial charge in [-0.2, -0.15) is 0 Å². The quantitative estimate of drug-likeness (QED) is 0.604. The van der Waals surface area contributed by atoms with Crippen molar-refractivity contribution in [2.45, 2.75) is 38.7 Å². The summed E-state index contributed by atoms with van der Waals surface area (Å²) in [6, 6.07) is 15.7. The molecule has 1 heterocycles. The van der Waals surface area contributed by atoms with Gasteiger partial charge in [0.25, 0.3) is 5.91 Å². The highest BCUT2D eigenvalue weighted by atomic mass is 16.5. The first-order valence-electron chi connectivity index (χ1n) is 10.7. The molecule has 31 heavy (non-hydrogen) atoms. The van der Waals surface area contributed by atoms with E-state index in [1.165, 1.54) is 12.7 Å². The summed E-state index contributed by atoms with van der Waals surface area (Å²) in [5, 5.41) is 0. The Labute approximate surface area is 184 Å². The molecule has 1 aliphatic rings. The largest absolute Gasteiger partial charge is 0.497 e. The number of ether oxygens (including phenoxy) is 3. The van der Waals surface area contributed by atoms with Crippen molar-refractivity contribution in [1.82, 2.24) is 4.90 Å². The maximum absolute atomic E-state index is 12.8. The molecule has 0 bridgehead atoms. The van der Waals surface area contributed by atoms with Crippen molar-refractivity contribution in [2.24, 2.45) is 5.92 Å². The van der Waals surface area contributed by atoms with Crippen molar-refractivity contribution in [3.05, 3.63) is 59.7 Å². The van der Waals surface area contributed by atoms with Gasteiger partial charge in [-0.15, -0.1) is 0 Å². The number of methoxy groups -OCH3 is 2. The molecule has 166 valence electrons. The standard InChI is InChI=1S/C25H31NO5/c1-18(31-24(27)16-21-9-10-22(29-2)17-23(21)30-3)25(28)26-13-11-20(12-14-26)15-19-7-5-4-6-8-19/h4-10,17-18,20H,11-16H2,1-3H3. The Bertz CT molecular complexity index is 875. The summed E-state index contributed by atoms with van der Waals surface area (Å²) in [4.78, 5) is 27.0. The third-order valence-electron chi connectivity index (χ3n) is 5.78. The number of esters is 1. The number of nitrogens with zero attached hydrogens (tertiary/aromatic N) is 1. The van der Waals surface area contributed by atoms with Gasteiger partial charge in [-0.05, 0) is 43.7 Å². The number of carbonyl (C=O) groups is 2. The second-order valence-electron chi connectivity index (χ2n) is 7.95. The van der Waals surface area contributed by atoms with Crippen molar-refractivity contribution in [1.29, 1.82) is 0 Å². The van der Waals surface area contributed by atoms with Crippen molar-refractivity contribution in [3.8, 4) is 11.5 Å². The van der Waals surface area contributed by atoms with Crippen LogP contribution in [0.25, 0.3) is 0 Å². The molecule has 3 rings (SSSR count). The van der Waals surface area contributed by atoms with Crippen molar-refractivity contribution < 1.29 is 23.8 Å². The molecule has 0 spiro atoms. The second kappa shape index (κ2) is 10.8. The summed E-state index contributed by atoms with van der Waals surface area (Å²) in [5.74, 6) is 1.19. The Kier molecular flexibility index (Phi) is 7.93. The zero-order chi connectivity index (χ0) is 22.2. The number of rotatable bonds is 8. The summed E-state index contributed by atoms with van der Waals surface area (Å²) in [6.07, 6.45) is 2.19. The smallest absolute Gasteiger partial charge is 0.311 e. The topological polar surface area (TPSA) is 65.1 Å². The zero-order valence-corrected chi connectivity index (χ0v) is 18.5. The van der Waals surface area contributed by atoms with Gasteiger partial charge in [0.1, 0.15) is 11.5 Å². The number of hydrogen-bond acceptors (Lipinski definition) is 5. The van der Waals surface area contributed by atoms with Crippen LogP contribution in [-0.4, -0.2) is 50.2 Å². The fourth-order valence-corrected chi connectivity index (χ4v) is 4.00. The molecule has 0 saturated carbocycles. The van der Waals surface area contributed by atoms with Crippen LogP contribution in [0.1, 0.15) is 30.9 Å². The van der Waals surface area contributed by atoms with Crippen molar-refractivity contribution in [2.75, 3.05) is 27.3 Å². The maximum atomic E-state index is 12.8. The number of hydrogen-bond donors (Lipinski definition) is 0. The summed E-state index contributed by atoms with van der Waals surface area (Å²) in [6.45, 7) is 3.04. The zero-order valence-electron chi connectivity index (χ0n) is 18.5.